The Morgan fingerprint density at radius 2 is 2.36 bits per heavy atom. The second-order valence-electron chi connectivity index (χ2n) is 5.72. The van der Waals surface area contributed by atoms with Crippen molar-refractivity contribution in [2.45, 2.75) is 32.4 Å². The Morgan fingerprint density at radius 3 is 3.09 bits per heavy atom. The molecule has 0 radical (unpaired) electrons. The van der Waals surface area contributed by atoms with Gasteiger partial charge in [-0.15, -0.1) is 0 Å². The average Bonchev–Trinajstić information content (AvgIpc) is 3.18. The van der Waals surface area contributed by atoms with Crippen LogP contribution in [0.5, 0.6) is 0 Å². The van der Waals surface area contributed by atoms with Gasteiger partial charge in [0.05, 0.1) is 12.6 Å². The van der Waals surface area contributed by atoms with Crippen LogP contribution >= 0.6 is 0 Å². The lowest BCUT2D eigenvalue weighted by atomic mass is 10.1. The number of rotatable bonds is 4. The van der Waals surface area contributed by atoms with Crippen LogP contribution < -0.4 is 5.32 Å². The molecule has 1 amide bonds. The van der Waals surface area contributed by atoms with E-state index in [0.29, 0.717) is 18.3 Å². The van der Waals surface area contributed by atoms with Crippen LogP contribution in [0.3, 0.4) is 0 Å². The van der Waals surface area contributed by atoms with E-state index in [1.54, 1.807) is 11.9 Å². The zero-order valence-corrected chi connectivity index (χ0v) is 12.9. The SMILES string of the molecule is Cc1cccc(-c2noc(CN(C)C(=O)[C@H]3CCCN3)n2)c1. The highest BCUT2D eigenvalue weighted by Gasteiger charge is 2.25. The predicted molar refractivity (Wildman–Crippen MR) is 82.0 cm³/mol. The van der Waals surface area contributed by atoms with Crippen molar-refractivity contribution in [3.05, 3.63) is 35.7 Å². The number of aryl methyl sites for hydroxylation is 1. The lowest BCUT2D eigenvalue weighted by Crippen LogP contribution is -2.41. The highest BCUT2D eigenvalue weighted by atomic mass is 16.5. The van der Waals surface area contributed by atoms with Gasteiger partial charge in [-0.1, -0.05) is 28.9 Å². The normalized spacial score (nSPS) is 17.6. The standard InChI is InChI=1S/C16H20N4O2/c1-11-5-3-6-12(9-11)15-18-14(22-19-15)10-20(2)16(21)13-7-4-8-17-13/h3,5-6,9,13,17H,4,7-8,10H2,1-2H3/t13-/m1/s1. The molecule has 1 saturated heterocycles. The first-order valence-corrected chi connectivity index (χ1v) is 7.51. The van der Waals surface area contributed by atoms with E-state index in [2.05, 4.69) is 15.5 Å². The summed E-state index contributed by atoms with van der Waals surface area (Å²) in [6.07, 6.45) is 1.93. The number of nitrogens with zero attached hydrogens (tertiary/aromatic N) is 3. The molecular weight excluding hydrogens is 280 g/mol. The maximum atomic E-state index is 12.2. The fourth-order valence-corrected chi connectivity index (χ4v) is 2.66. The van der Waals surface area contributed by atoms with Crippen LogP contribution in [0.4, 0.5) is 0 Å². The van der Waals surface area contributed by atoms with Crippen LogP contribution in [0.25, 0.3) is 11.4 Å². The molecule has 0 unspecified atom stereocenters. The number of aromatic nitrogens is 2. The summed E-state index contributed by atoms with van der Waals surface area (Å²) < 4.78 is 5.27. The summed E-state index contributed by atoms with van der Waals surface area (Å²) in [5, 5.41) is 7.20. The predicted octanol–water partition coefficient (Wildman–Crippen LogP) is 1.76. The van der Waals surface area contributed by atoms with Crippen LogP contribution in [-0.2, 0) is 11.3 Å². The molecule has 2 heterocycles. The third-order valence-electron chi connectivity index (χ3n) is 3.85. The minimum atomic E-state index is -0.0795. The molecule has 1 aliphatic heterocycles. The van der Waals surface area contributed by atoms with E-state index in [1.165, 1.54) is 0 Å². The first-order valence-electron chi connectivity index (χ1n) is 7.51. The van der Waals surface area contributed by atoms with E-state index in [4.69, 9.17) is 4.52 Å². The number of carbonyl (C=O) groups is 1. The summed E-state index contributed by atoms with van der Waals surface area (Å²) in [5.41, 5.74) is 2.06. The third-order valence-corrected chi connectivity index (χ3v) is 3.85. The van der Waals surface area contributed by atoms with Gasteiger partial charge in [0.25, 0.3) is 0 Å². The Morgan fingerprint density at radius 1 is 1.50 bits per heavy atom. The highest BCUT2D eigenvalue weighted by Crippen LogP contribution is 2.17. The van der Waals surface area contributed by atoms with Gasteiger partial charge >= 0.3 is 0 Å². The fraction of sp³-hybridized carbons (Fsp3) is 0.438. The molecule has 1 aliphatic rings. The zero-order chi connectivity index (χ0) is 15.5. The van der Waals surface area contributed by atoms with Crippen LogP contribution in [0.1, 0.15) is 24.3 Å². The first kappa shape index (κ1) is 14.7. The molecule has 1 aromatic carbocycles. The van der Waals surface area contributed by atoms with Crippen molar-refractivity contribution in [1.29, 1.82) is 0 Å². The van der Waals surface area contributed by atoms with E-state index in [-0.39, 0.29) is 11.9 Å². The Hall–Kier alpha value is -2.21. The van der Waals surface area contributed by atoms with Crippen molar-refractivity contribution >= 4 is 5.91 Å². The number of likely N-dealkylation sites (N-methyl/N-ethyl adjacent to an activating group) is 1. The van der Waals surface area contributed by atoms with E-state index < -0.39 is 0 Å². The minimum Gasteiger partial charge on any atom is -0.337 e. The lowest BCUT2D eigenvalue weighted by Gasteiger charge is -2.19. The third kappa shape index (κ3) is 3.17. The fourth-order valence-electron chi connectivity index (χ4n) is 2.66. The lowest BCUT2D eigenvalue weighted by molar-refractivity contribution is -0.132. The number of hydrogen-bond acceptors (Lipinski definition) is 5. The van der Waals surface area contributed by atoms with E-state index in [9.17, 15) is 4.79 Å². The minimum absolute atomic E-state index is 0.0767. The van der Waals surface area contributed by atoms with Crippen LogP contribution in [0.15, 0.2) is 28.8 Å². The molecule has 1 N–H and O–H groups in total. The van der Waals surface area contributed by atoms with Crippen molar-refractivity contribution in [3.8, 4) is 11.4 Å². The molecule has 22 heavy (non-hydrogen) atoms. The topological polar surface area (TPSA) is 71.3 Å². The quantitative estimate of drug-likeness (QED) is 0.931. The van der Waals surface area contributed by atoms with Gasteiger partial charge in [-0.3, -0.25) is 4.79 Å². The molecule has 6 heteroatoms. The average molecular weight is 300 g/mol. The molecule has 1 aromatic heterocycles. The maximum absolute atomic E-state index is 12.2. The van der Waals surface area contributed by atoms with Gasteiger partial charge in [0.2, 0.25) is 17.6 Å². The molecule has 3 rings (SSSR count). The zero-order valence-electron chi connectivity index (χ0n) is 12.9. The molecule has 116 valence electrons. The Kier molecular flexibility index (Phi) is 4.20. The molecule has 6 nitrogen and oxygen atoms in total. The van der Waals surface area contributed by atoms with Crippen LogP contribution in [0, 0.1) is 6.92 Å². The summed E-state index contributed by atoms with van der Waals surface area (Å²) in [4.78, 5) is 18.3. The van der Waals surface area contributed by atoms with Crippen LogP contribution in [-0.4, -0.2) is 40.6 Å². The van der Waals surface area contributed by atoms with Gasteiger partial charge < -0.3 is 14.7 Å². The van der Waals surface area contributed by atoms with Crippen molar-refractivity contribution in [1.82, 2.24) is 20.4 Å². The molecule has 0 bridgehead atoms. The second-order valence-corrected chi connectivity index (χ2v) is 5.72. The summed E-state index contributed by atoms with van der Waals surface area (Å²) >= 11 is 0. The van der Waals surface area contributed by atoms with Gasteiger partial charge in [0.15, 0.2) is 0 Å². The molecule has 2 aromatic rings. The maximum Gasteiger partial charge on any atom is 0.246 e. The van der Waals surface area contributed by atoms with Gasteiger partial charge in [0, 0.05) is 12.6 Å². The number of nitrogens with one attached hydrogen (secondary N) is 1. The largest absolute Gasteiger partial charge is 0.337 e. The molecular formula is C16H20N4O2. The highest BCUT2D eigenvalue weighted by molar-refractivity contribution is 5.81. The van der Waals surface area contributed by atoms with Gasteiger partial charge in [-0.05, 0) is 32.4 Å². The number of amides is 1. The van der Waals surface area contributed by atoms with Crippen molar-refractivity contribution in [3.63, 3.8) is 0 Å². The summed E-state index contributed by atoms with van der Waals surface area (Å²) in [7, 11) is 1.76. The van der Waals surface area contributed by atoms with Crippen molar-refractivity contribution in [2.24, 2.45) is 0 Å². The van der Waals surface area contributed by atoms with Gasteiger partial charge in [0.1, 0.15) is 0 Å². The summed E-state index contributed by atoms with van der Waals surface area (Å²) in [6.45, 7) is 3.25. The summed E-state index contributed by atoms with van der Waals surface area (Å²) in [5.74, 6) is 1.08. The molecule has 0 saturated carbocycles. The molecule has 1 fully saturated rings. The monoisotopic (exact) mass is 300 g/mol. The Labute approximate surface area is 129 Å². The van der Waals surface area contributed by atoms with Gasteiger partial charge in [-0.25, -0.2) is 0 Å². The molecule has 0 aliphatic carbocycles. The van der Waals surface area contributed by atoms with Crippen molar-refractivity contribution in [2.75, 3.05) is 13.6 Å². The van der Waals surface area contributed by atoms with Crippen LogP contribution in [0.2, 0.25) is 0 Å². The molecule has 0 spiro atoms. The van der Waals surface area contributed by atoms with E-state index in [1.807, 2.05) is 31.2 Å². The Balaban J connectivity index is 1.67. The summed E-state index contributed by atoms with van der Waals surface area (Å²) in [6, 6.07) is 7.85. The van der Waals surface area contributed by atoms with Gasteiger partial charge in [-0.2, -0.15) is 4.98 Å². The van der Waals surface area contributed by atoms with Crippen molar-refractivity contribution < 1.29 is 9.32 Å². The number of carbonyl (C=O) groups excluding carboxylic acids is 1. The first-order chi connectivity index (χ1) is 10.6. The van der Waals surface area contributed by atoms with E-state index >= 15 is 0 Å². The second kappa shape index (κ2) is 6.27. The van der Waals surface area contributed by atoms with E-state index in [0.717, 1.165) is 30.5 Å². The smallest absolute Gasteiger partial charge is 0.246 e. The number of benzene rings is 1. The number of hydrogen-bond donors (Lipinski definition) is 1. The molecule has 1 atom stereocenters. The Bertz CT molecular complexity index is 662.